The normalized spacial score (nSPS) is 12.4. The predicted octanol–water partition coefficient (Wildman–Crippen LogP) is 6.12. The molecule has 3 N–H and O–H groups in total. The van der Waals surface area contributed by atoms with Gasteiger partial charge in [-0.15, -0.1) is 0 Å². The van der Waals surface area contributed by atoms with Crippen LogP contribution < -0.4 is 10.0 Å². The SMILES string of the molecule is CC(C)(CCn1ccc2cc(C#N)ccc21)NC[C@H](O)c1cccc(NSc2ccccc2)c1. The second kappa shape index (κ2) is 10.8. The Hall–Kier alpha value is -3.24. The number of anilines is 1. The minimum Gasteiger partial charge on any atom is -0.387 e. The van der Waals surface area contributed by atoms with E-state index >= 15 is 0 Å². The molecular weight excluding hydrogens is 440 g/mol. The summed E-state index contributed by atoms with van der Waals surface area (Å²) in [7, 11) is 0. The van der Waals surface area contributed by atoms with Gasteiger partial charge in [-0.1, -0.05) is 30.3 Å². The Labute approximate surface area is 205 Å². The lowest BCUT2D eigenvalue weighted by Crippen LogP contribution is -2.42. The second-order valence-electron chi connectivity index (χ2n) is 9.07. The number of β-amino-alcohol motifs (C(OH)–C–C–N with tert-alkyl or cyclic N) is 1. The van der Waals surface area contributed by atoms with E-state index in [4.69, 9.17) is 5.26 Å². The molecule has 6 heteroatoms. The van der Waals surface area contributed by atoms with Crippen LogP contribution in [0.2, 0.25) is 0 Å². The van der Waals surface area contributed by atoms with E-state index in [1.807, 2.05) is 60.7 Å². The highest BCUT2D eigenvalue weighted by molar-refractivity contribution is 8.00. The first-order chi connectivity index (χ1) is 16.4. The summed E-state index contributed by atoms with van der Waals surface area (Å²) >= 11 is 1.55. The lowest BCUT2D eigenvalue weighted by atomic mass is 9.99. The Morgan fingerprint density at radius 1 is 1.03 bits per heavy atom. The molecule has 0 bridgehead atoms. The molecule has 1 aromatic heterocycles. The highest BCUT2D eigenvalue weighted by Crippen LogP contribution is 2.24. The van der Waals surface area contributed by atoms with E-state index in [-0.39, 0.29) is 5.54 Å². The molecule has 0 saturated carbocycles. The largest absolute Gasteiger partial charge is 0.387 e. The van der Waals surface area contributed by atoms with E-state index in [0.29, 0.717) is 12.1 Å². The Kier molecular flexibility index (Phi) is 7.59. The van der Waals surface area contributed by atoms with Crippen molar-refractivity contribution in [3.05, 3.63) is 96.2 Å². The number of aliphatic hydroxyl groups is 1. The summed E-state index contributed by atoms with van der Waals surface area (Å²) in [5, 5.41) is 24.5. The summed E-state index contributed by atoms with van der Waals surface area (Å²) in [5.74, 6) is 0. The number of fused-ring (bicyclic) bond motifs is 1. The van der Waals surface area contributed by atoms with Crippen LogP contribution >= 0.6 is 11.9 Å². The van der Waals surface area contributed by atoms with Gasteiger partial charge in [-0.05, 0) is 86.3 Å². The number of nitrogens with zero attached hydrogens (tertiary/aromatic N) is 2. The molecular formula is C28H30N4OS. The van der Waals surface area contributed by atoms with E-state index in [0.717, 1.165) is 40.0 Å². The number of hydrogen-bond acceptors (Lipinski definition) is 5. The molecule has 3 aromatic carbocycles. The number of aryl methyl sites for hydroxylation is 1. The molecule has 0 saturated heterocycles. The zero-order valence-corrected chi connectivity index (χ0v) is 20.3. The standard InChI is InChI=1S/C28H30N4OS/c1-28(2,14-16-32-15-13-22-17-21(19-29)11-12-26(22)32)30-20-27(33)23-7-6-8-24(18-23)31-34-25-9-4-3-5-10-25/h3-13,15,17-18,27,30-31,33H,14,16,20H2,1-2H3/t27-/m0/s1. The van der Waals surface area contributed by atoms with Gasteiger partial charge in [0.1, 0.15) is 0 Å². The minimum absolute atomic E-state index is 0.150. The quantitative estimate of drug-likeness (QED) is 0.243. The van der Waals surface area contributed by atoms with E-state index in [9.17, 15) is 5.11 Å². The third kappa shape index (κ3) is 6.21. The van der Waals surface area contributed by atoms with Crippen molar-refractivity contribution < 1.29 is 5.11 Å². The summed E-state index contributed by atoms with van der Waals surface area (Å²) < 4.78 is 5.57. The fourth-order valence-corrected chi connectivity index (χ4v) is 4.52. The highest BCUT2D eigenvalue weighted by atomic mass is 32.2. The first-order valence-corrected chi connectivity index (χ1v) is 12.3. The molecule has 0 unspecified atom stereocenters. The van der Waals surface area contributed by atoms with Gasteiger partial charge in [-0.3, -0.25) is 0 Å². The fraction of sp³-hybridized carbons (Fsp3) is 0.250. The van der Waals surface area contributed by atoms with Crippen molar-refractivity contribution in [2.24, 2.45) is 0 Å². The van der Waals surface area contributed by atoms with E-state index in [1.165, 1.54) is 0 Å². The van der Waals surface area contributed by atoms with Gasteiger partial charge in [0.15, 0.2) is 0 Å². The molecule has 34 heavy (non-hydrogen) atoms. The number of nitriles is 1. The summed E-state index contributed by atoms with van der Waals surface area (Å²) in [6, 6.07) is 28.1. The maximum atomic E-state index is 10.8. The molecule has 4 rings (SSSR count). The Bertz CT molecular complexity index is 1280. The molecule has 0 aliphatic heterocycles. The molecule has 0 fully saturated rings. The first-order valence-electron chi connectivity index (χ1n) is 11.4. The summed E-state index contributed by atoms with van der Waals surface area (Å²) in [4.78, 5) is 1.14. The van der Waals surface area contributed by atoms with Gasteiger partial charge < -0.3 is 19.7 Å². The van der Waals surface area contributed by atoms with Crippen molar-refractivity contribution in [3.8, 4) is 6.07 Å². The average molecular weight is 471 g/mol. The number of aliphatic hydroxyl groups excluding tert-OH is 1. The third-order valence-electron chi connectivity index (χ3n) is 5.95. The number of benzene rings is 3. The lowest BCUT2D eigenvalue weighted by Gasteiger charge is -2.28. The molecule has 0 aliphatic rings. The Morgan fingerprint density at radius 3 is 2.65 bits per heavy atom. The number of nitrogens with one attached hydrogen (secondary N) is 2. The Morgan fingerprint density at radius 2 is 1.85 bits per heavy atom. The molecule has 1 atom stereocenters. The number of hydrogen-bond donors (Lipinski definition) is 3. The molecule has 5 nitrogen and oxygen atoms in total. The lowest BCUT2D eigenvalue weighted by molar-refractivity contribution is 0.158. The van der Waals surface area contributed by atoms with Crippen molar-refractivity contribution in [1.82, 2.24) is 9.88 Å². The van der Waals surface area contributed by atoms with Gasteiger partial charge in [-0.25, -0.2) is 0 Å². The molecule has 1 heterocycles. The van der Waals surface area contributed by atoms with Crippen LogP contribution in [0.1, 0.15) is 37.5 Å². The molecule has 0 aliphatic carbocycles. The molecule has 0 radical (unpaired) electrons. The maximum Gasteiger partial charge on any atom is 0.0991 e. The van der Waals surface area contributed by atoms with Crippen molar-refractivity contribution in [1.29, 1.82) is 5.26 Å². The monoisotopic (exact) mass is 470 g/mol. The number of rotatable bonds is 10. The van der Waals surface area contributed by atoms with Gasteiger partial charge in [-0.2, -0.15) is 5.26 Å². The average Bonchev–Trinajstić information content (AvgIpc) is 3.28. The van der Waals surface area contributed by atoms with Crippen molar-refractivity contribution in [2.45, 2.75) is 43.4 Å². The van der Waals surface area contributed by atoms with Gasteiger partial charge in [0.05, 0.1) is 17.7 Å². The van der Waals surface area contributed by atoms with Crippen molar-refractivity contribution in [3.63, 3.8) is 0 Å². The number of aromatic nitrogens is 1. The zero-order valence-electron chi connectivity index (χ0n) is 19.5. The smallest absolute Gasteiger partial charge is 0.0991 e. The van der Waals surface area contributed by atoms with Gasteiger partial charge in [0.2, 0.25) is 0 Å². The molecule has 174 valence electrons. The van der Waals surface area contributed by atoms with Crippen LogP contribution in [-0.2, 0) is 6.54 Å². The first kappa shape index (κ1) is 23.9. The summed E-state index contributed by atoms with van der Waals surface area (Å²) in [5.41, 5.74) is 3.51. The van der Waals surface area contributed by atoms with Crippen LogP contribution in [0.15, 0.2) is 90.0 Å². The molecule has 0 amide bonds. The Balaban J connectivity index is 1.30. The van der Waals surface area contributed by atoms with Crippen LogP contribution in [0.25, 0.3) is 10.9 Å². The van der Waals surface area contributed by atoms with Crippen molar-refractivity contribution in [2.75, 3.05) is 11.3 Å². The van der Waals surface area contributed by atoms with Crippen LogP contribution in [-0.4, -0.2) is 21.8 Å². The van der Waals surface area contributed by atoms with E-state index in [2.05, 4.69) is 58.9 Å². The van der Waals surface area contributed by atoms with Crippen LogP contribution in [0.4, 0.5) is 5.69 Å². The van der Waals surface area contributed by atoms with Crippen molar-refractivity contribution >= 4 is 28.5 Å². The van der Waals surface area contributed by atoms with E-state index in [1.54, 1.807) is 11.9 Å². The van der Waals surface area contributed by atoms with Gasteiger partial charge >= 0.3 is 0 Å². The van der Waals surface area contributed by atoms with Crippen LogP contribution in [0.3, 0.4) is 0 Å². The second-order valence-corrected chi connectivity index (χ2v) is 9.95. The van der Waals surface area contributed by atoms with Crippen LogP contribution in [0.5, 0.6) is 0 Å². The van der Waals surface area contributed by atoms with Gasteiger partial charge in [0, 0.05) is 46.3 Å². The maximum absolute atomic E-state index is 10.8. The minimum atomic E-state index is -0.598. The third-order valence-corrected chi connectivity index (χ3v) is 6.80. The van der Waals surface area contributed by atoms with E-state index < -0.39 is 6.10 Å². The predicted molar refractivity (Wildman–Crippen MR) is 141 cm³/mol. The molecule has 4 aromatic rings. The highest BCUT2D eigenvalue weighted by Gasteiger charge is 2.20. The van der Waals surface area contributed by atoms with Crippen LogP contribution in [0, 0.1) is 11.3 Å². The molecule has 0 spiro atoms. The topological polar surface area (TPSA) is 73.0 Å². The van der Waals surface area contributed by atoms with Gasteiger partial charge in [0.25, 0.3) is 0 Å². The fourth-order valence-electron chi connectivity index (χ4n) is 3.86. The zero-order chi connectivity index (χ0) is 24.0. The summed E-state index contributed by atoms with van der Waals surface area (Å²) in [6.45, 7) is 5.64. The summed E-state index contributed by atoms with van der Waals surface area (Å²) in [6.07, 6.45) is 2.38.